The number of carbonyl (C=O) groups excluding carboxylic acids is 1. The van der Waals surface area contributed by atoms with E-state index in [0.29, 0.717) is 11.1 Å². The van der Waals surface area contributed by atoms with Gasteiger partial charge in [-0.05, 0) is 38.0 Å². The fourth-order valence-corrected chi connectivity index (χ4v) is 3.01. The topological polar surface area (TPSA) is 53.2 Å². The van der Waals surface area contributed by atoms with Gasteiger partial charge >= 0.3 is 0 Å². The number of aliphatic imine (C=N–C) groups is 1. The number of carbonyl (C=O) groups is 1. The molecule has 23 heavy (non-hydrogen) atoms. The number of ketones is 1. The molecule has 0 amide bonds. The third kappa shape index (κ3) is 3.22. The number of nitriles is 1. The molecule has 0 aliphatic carbocycles. The molecule has 2 aromatic rings. The number of rotatable bonds is 3. The second-order valence-electron chi connectivity index (χ2n) is 6.50. The van der Waals surface area contributed by atoms with Crippen LogP contribution in [0.1, 0.15) is 47.3 Å². The van der Waals surface area contributed by atoms with Crippen molar-refractivity contribution in [2.24, 2.45) is 4.99 Å². The molecule has 1 aliphatic rings. The quantitative estimate of drug-likeness (QED) is 0.806. The molecule has 0 unspecified atom stereocenters. The Morgan fingerprint density at radius 1 is 1.22 bits per heavy atom. The van der Waals surface area contributed by atoms with Crippen molar-refractivity contribution in [1.82, 2.24) is 0 Å². The highest BCUT2D eigenvalue weighted by atomic mass is 16.1. The first-order chi connectivity index (χ1) is 11.0. The van der Waals surface area contributed by atoms with Crippen LogP contribution in [0.5, 0.6) is 0 Å². The molecule has 1 aliphatic heterocycles. The van der Waals surface area contributed by atoms with E-state index in [1.165, 1.54) is 0 Å². The monoisotopic (exact) mass is 302 g/mol. The van der Waals surface area contributed by atoms with E-state index in [1.807, 2.05) is 48.5 Å². The number of Topliss-reactive ketones (excluding diaryl/α,β-unsaturated/α-hetero) is 1. The fraction of sp³-hybridized carbons (Fsp3) is 0.250. The van der Waals surface area contributed by atoms with Gasteiger partial charge in [0.2, 0.25) is 0 Å². The Bertz CT molecular complexity index is 826. The summed E-state index contributed by atoms with van der Waals surface area (Å²) in [4.78, 5) is 17.3. The van der Waals surface area contributed by atoms with Gasteiger partial charge in [-0.2, -0.15) is 5.26 Å². The summed E-state index contributed by atoms with van der Waals surface area (Å²) in [5, 5.41) is 9.13. The van der Waals surface area contributed by atoms with Crippen molar-refractivity contribution < 1.29 is 4.79 Å². The minimum absolute atomic E-state index is 0.0513. The van der Waals surface area contributed by atoms with Crippen molar-refractivity contribution in [3.63, 3.8) is 0 Å². The zero-order chi connectivity index (χ0) is 16.4. The van der Waals surface area contributed by atoms with Crippen LogP contribution >= 0.6 is 0 Å². The average molecular weight is 302 g/mol. The minimum atomic E-state index is -0.229. The van der Waals surface area contributed by atoms with Crippen molar-refractivity contribution in [1.29, 1.82) is 5.26 Å². The molecule has 0 saturated heterocycles. The maximum atomic E-state index is 12.5. The van der Waals surface area contributed by atoms with Crippen LogP contribution in [0.15, 0.2) is 53.5 Å². The first kappa shape index (κ1) is 15.2. The fourth-order valence-electron chi connectivity index (χ4n) is 3.01. The van der Waals surface area contributed by atoms with E-state index in [1.54, 1.807) is 0 Å². The Kier molecular flexibility index (Phi) is 3.83. The van der Waals surface area contributed by atoms with Gasteiger partial charge in [0.15, 0.2) is 5.78 Å². The first-order valence-corrected chi connectivity index (χ1v) is 7.69. The van der Waals surface area contributed by atoms with E-state index in [2.05, 4.69) is 19.9 Å². The Balaban J connectivity index is 1.99. The van der Waals surface area contributed by atoms with Crippen molar-refractivity contribution >= 4 is 11.5 Å². The molecule has 0 bridgehead atoms. The molecule has 0 radical (unpaired) electrons. The van der Waals surface area contributed by atoms with E-state index in [0.717, 1.165) is 23.3 Å². The Hall–Kier alpha value is -2.73. The van der Waals surface area contributed by atoms with Crippen molar-refractivity contribution in [2.75, 3.05) is 0 Å². The molecule has 1 heterocycles. The Morgan fingerprint density at radius 2 is 1.96 bits per heavy atom. The van der Waals surface area contributed by atoms with Crippen molar-refractivity contribution in [3.8, 4) is 6.07 Å². The van der Waals surface area contributed by atoms with E-state index >= 15 is 0 Å². The molecular weight excluding hydrogens is 284 g/mol. The van der Waals surface area contributed by atoms with E-state index in [-0.39, 0.29) is 17.7 Å². The summed E-state index contributed by atoms with van der Waals surface area (Å²) in [6, 6.07) is 17.1. The molecule has 114 valence electrons. The van der Waals surface area contributed by atoms with Gasteiger partial charge in [-0.1, -0.05) is 36.4 Å². The van der Waals surface area contributed by atoms with E-state index in [9.17, 15) is 4.79 Å². The molecule has 0 fully saturated rings. The van der Waals surface area contributed by atoms with Crippen LogP contribution in [0, 0.1) is 11.3 Å². The SMILES string of the molecule is CC1(C)Cc2ccc(C#N)cc2C(CC(=O)c2ccccc2)=N1. The summed E-state index contributed by atoms with van der Waals surface area (Å²) in [5.41, 5.74) is 3.93. The Morgan fingerprint density at radius 3 is 2.65 bits per heavy atom. The van der Waals surface area contributed by atoms with Crippen LogP contribution in [0.4, 0.5) is 0 Å². The van der Waals surface area contributed by atoms with Gasteiger partial charge in [0.05, 0.1) is 29.3 Å². The molecule has 3 nitrogen and oxygen atoms in total. The third-order valence-corrected chi connectivity index (χ3v) is 4.03. The minimum Gasteiger partial charge on any atom is -0.294 e. The first-order valence-electron chi connectivity index (χ1n) is 7.69. The third-order valence-electron chi connectivity index (χ3n) is 4.03. The lowest BCUT2D eigenvalue weighted by Crippen LogP contribution is -2.30. The van der Waals surface area contributed by atoms with E-state index < -0.39 is 0 Å². The maximum Gasteiger partial charge on any atom is 0.168 e. The highest BCUT2D eigenvalue weighted by molar-refractivity contribution is 6.16. The van der Waals surface area contributed by atoms with Crippen molar-refractivity contribution in [3.05, 3.63) is 70.8 Å². The lowest BCUT2D eigenvalue weighted by atomic mass is 9.84. The summed E-state index contributed by atoms with van der Waals surface area (Å²) >= 11 is 0. The number of nitrogens with zero attached hydrogens (tertiary/aromatic N) is 2. The van der Waals surface area contributed by atoms with Crippen LogP contribution in [0.2, 0.25) is 0 Å². The van der Waals surface area contributed by atoms with Crippen LogP contribution in [-0.2, 0) is 6.42 Å². The van der Waals surface area contributed by atoms with Gasteiger partial charge in [-0.3, -0.25) is 9.79 Å². The molecule has 0 atom stereocenters. The molecule has 0 aromatic heterocycles. The summed E-state index contributed by atoms with van der Waals surface area (Å²) in [7, 11) is 0. The molecule has 3 rings (SSSR count). The summed E-state index contributed by atoms with van der Waals surface area (Å²) in [5.74, 6) is 0.0513. The summed E-state index contributed by atoms with van der Waals surface area (Å²) in [6.45, 7) is 4.14. The lowest BCUT2D eigenvalue weighted by Gasteiger charge is -2.29. The number of hydrogen-bond acceptors (Lipinski definition) is 3. The summed E-state index contributed by atoms with van der Waals surface area (Å²) < 4.78 is 0. The average Bonchev–Trinajstić information content (AvgIpc) is 2.54. The number of fused-ring (bicyclic) bond motifs is 1. The normalized spacial score (nSPS) is 15.3. The van der Waals surface area contributed by atoms with Gasteiger partial charge in [0.1, 0.15) is 0 Å². The molecule has 0 N–H and O–H groups in total. The van der Waals surface area contributed by atoms with Crippen LogP contribution in [0.25, 0.3) is 0 Å². The predicted molar refractivity (Wildman–Crippen MR) is 90.9 cm³/mol. The highest BCUT2D eigenvalue weighted by Crippen LogP contribution is 2.29. The maximum absolute atomic E-state index is 12.5. The van der Waals surface area contributed by atoms with Gasteiger partial charge in [-0.25, -0.2) is 0 Å². The largest absolute Gasteiger partial charge is 0.294 e. The molecule has 2 aromatic carbocycles. The predicted octanol–water partition coefficient (Wildman–Crippen LogP) is 3.96. The van der Waals surface area contributed by atoms with Crippen molar-refractivity contribution in [2.45, 2.75) is 32.2 Å². The van der Waals surface area contributed by atoms with Gasteiger partial charge in [0, 0.05) is 11.1 Å². The zero-order valence-corrected chi connectivity index (χ0v) is 13.3. The Labute approximate surface area is 136 Å². The second-order valence-corrected chi connectivity index (χ2v) is 6.50. The number of hydrogen-bond donors (Lipinski definition) is 0. The number of benzene rings is 2. The highest BCUT2D eigenvalue weighted by Gasteiger charge is 2.28. The smallest absolute Gasteiger partial charge is 0.168 e. The van der Waals surface area contributed by atoms with E-state index in [4.69, 9.17) is 10.3 Å². The van der Waals surface area contributed by atoms with Crippen LogP contribution in [0.3, 0.4) is 0 Å². The molecular formula is C20H18N2O. The lowest BCUT2D eigenvalue weighted by molar-refractivity contribution is 0.100. The van der Waals surface area contributed by atoms with Gasteiger partial charge in [-0.15, -0.1) is 0 Å². The molecule has 3 heteroatoms. The second kappa shape index (κ2) is 5.81. The summed E-state index contributed by atoms with van der Waals surface area (Å²) in [6.07, 6.45) is 1.08. The molecule has 0 saturated carbocycles. The van der Waals surface area contributed by atoms with Gasteiger partial charge < -0.3 is 0 Å². The van der Waals surface area contributed by atoms with Crippen LogP contribution < -0.4 is 0 Å². The van der Waals surface area contributed by atoms with Gasteiger partial charge in [0.25, 0.3) is 0 Å². The van der Waals surface area contributed by atoms with Crippen LogP contribution in [-0.4, -0.2) is 17.0 Å². The zero-order valence-electron chi connectivity index (χ0n) is 13.3. The molecule has 0 spiro atoms. The standard InChI is InChI=1S/C20H18N2O/c1-20(2)12-16-9-8-14(13-21)10-17(16)18(22-20)11-19(23)15-6-4-3-5-7-15/h3-10H,11-12H2,1-2H3.